The van der Waals surface area contributed by atoms with Crippen molar-refractivity contribution in [3.63, 3.8) is 0 Å². The number of nitrogens with zero attached hydrogens (tertiary/aromatic N) is 2. The molecule has 0 aliphatic carbocycles. The van der Waals surface area contributed by atoms with Gasteiger partial charge in [0, 0.05) is 14.1 Å². The largest absolute Gasteiger partial charge is 0.505 e. The van der Waals surface area contributed by atoms with Crippen LogP contribution in [-0.2, 0) is 14.9 Å². The van der Waals surface area contributed by atoms with Crippen molar-refractivity contribution >= 4 is 33.4 Å². The van der Waals surface area contributed by atoms with Crippen molar-refractivity contribution < 1.29 is 32.9 Å². The topological polar surface area (TPSA) is 178 Å². The highest BCUT2D eigenvalue weighted by Crippen LogP contribution is 2.31. The third-order valence-corrected chi connectivity index (χ3v) is 6.91. The number of aromatic hydroxyl groups is 1. The number of amidine groups is 1. The maximum Gasteiger partial charge on any atom is 0.268 e. The van der Waals surface area contributed by atoms with Crippen molar-refractivity contribution in [3.05, 3.63) is 47.4 Å². The smallest absolute Gasteiger partial charge is 0.268 e. The van der Waals surface area contributed by atoms with Crippen LogP contribution in [0, 0.1) is 12.3 Å². The van der Waals surface area contributed by atoms with Crippen molar-refractivity contribution in [2.24, 2.45) is 4.40 Å². The first-order chi connectivity index (χ1) is 16.0. The van der Waals surface area contributed by atoms with Gasteiger partial charge in [0.15, 0.2) is 11.0 Å². The van der Waals surface area contributed by atoms with Crippen LogP contribution in [-0.4, -0.2) is 66.7 Å². The second kappa shape index (κ2) is 9.83. The fourth-order valence-electron chi connectivity index (χ4n) is 3.63. The average Bonchev–Trinajstić information content (AvgIpc) is 3.32. The number of amides is 1. The summed E-state index contributed by atoms with van der Waals surface area (Å²) >= 11 is 0. The lowest BCUT2D eigenvalue weighted by Gasteiger charge is -2.25. The van der Waals surface area contributed by atoms with Crippen LogP contribution in [0.3, 0.4) is 0 Å². The molecule has 0 saturated carbocycles. The fraction of sp³-hybridized carbons (Fsp3) is 0.381. The van der Waals surface area contributed by atoms with E-state index in [9.17, 15) is 18.3 Å². The number of benzene rings is 1. The van der Waals surface area contributed by atoms with Crippen molar-refractivity contribution in [2.45, 2.75) is 37.6 Å². The summed E-state index contributed by atoms with van der Waals surface area (Å²) < 4.78 is 35.0. The molecule has 34 heavy (non-hydrogen) atoms. The molecular weight excluding hydrogens is 466 g/mol. The Morgan fingerprint density at radius 1 is 1.32 bits per heavy atom. The molecule has 2 unspecified atom stereocenters. The summed E-state index contributed by atoms with van der Waals surface area (Å²) in [6.45, 7) is 3.63. The Bertz CT molecular complexity index is 1220. The SMILES string of the molecule is CC[C@@H](NC1C(Nc2cccc(C(=O)N(C)C)c2O)=NS(=O)(=O)C1C(=N)OO)c1ccc(C)o1. The summed E-state index contributed by atoms with van der Waals surface area (Å²) in [4.78, 5) is 17.6. The maximum atomic E-state index is 12.8. The summed E-state index contributed by atoms with van der Waals surface area (Å²) in [6.07, 6.45) is 0.495. The molecule has 1 aliphatic rings. The molecule has 0 spiro atoms. The minimum absolute atomic E-state index is 0.00134. The van der Waals surface area contributed by atoms with Gasteiger partial charge in [0.05, 0.1) is 23.3 Å². The van der Waals surface area contributed by atoms with Gasteiger partial charge in [-0.2, -0.15) is 0 Å². The Kier molecular flexibility index (Phi) is 7.29. The van der Waals surface area contributed by atoms with Gasteiger partial charge in [-0.1, -0.05) is 13.0 Å². The van der Waals surface area contributed by atoms with Gasteiger partial charge in [0.1, 0.15) is 17.4 Å². The first kappa shape index (κ1) is 25.2. The van der Waals surface area contributed by atoms with Crippen molar-refractivity contribution in [1.29, 1.82) is 5.41 Å². The van der Waals surface area contributed by atoms with Crippen LogP contribution < -0.4 is 10.6 Å². The molecule has 1 aliphatic heterocycles. The van der Waals surface area contributed by atoms with E-state index in [2.05, 4.69) is 19.9 Å². The molecule has 184 valence electrons. The molecule has 12 nitrogen and oxygen atoms in total. The third kappa shape index (κ3) is 4.90. The van der Waals surface area contributed by atoms with Crippen LogP contribution >= 0.6 is 0 Å². The second-order valence-corrected chi connectivity index (χ2v) is 9.67. The van der Waals surface area contributed by atoms with Crippen molar-refractivity contribution in [1.82, 2.24) is 10.2 Å². The zero-order valence-electron chi connectivity index (χ0n) is 19.1. The molecule has 1 aromatic carbocycles. The number of hydrogen-bond donors (Lipinski definition) is 5. The lowest BCUT2D eigenvalue weighted by Crippen LogP contribution is -2.51. The monoisotopic (exact) mass is 493 g/mol. The molecule has 13 heteroatoms. The van der Waals surface area contributed by atoms with Gasteiger partial charge in [-0.05, 0) is 37.6 Å². The number of carbonyl (C=O) groups is 1. The normalized spacial score (nSPS) is 19.9. The highest BCUT2D eigenvalue weighted by molar-refractivity contribution is 7.92. The summed E-state index contributed by atoms with van der Waals surface area (Å²) in [5.74, 6) is -0.727. The lowest BCUT2D eigenvalue weighted by atomic mass is 10.1. The third-order valence-electron chi connectivity index (χ3n) is 5.33. The summed E-state index contributed by atoms with van der Waals surface area (Å²) in [6, 6.07) is 6.26. The van der Waals surface area contributed by atoms with E-state index >= 15 is 0 Å². The first-order valence-electron chi connectivity index (χ1n) is 10.4. The number of rotatable bonds is 7. The molecule has 0 saturated heterocycles. The minimum Gasteiger partial charge on any atom is -0.505 e. The van der Waals surface area contributed by atoms with Crippen LogP contribution in [0.1, 0.15) is 41.3 Å². The van der Waals surface area contributed by atoms with E-state index in [-0.39, 0.29) is 17.1 Å². The van der Waals surface area contributed by atoms with Gasteiger partial charge in [0.25, 0.3) is 15.9 Å². The Morgan fingerprint density at radius 2 is 2.03 bits per heavy atom. The van der Waals surface area contributed by atoms with E-state index in [1.165, 1.54) is 37.2 Å². The Morgan fingerprint density at radius 3 is 2.59 bits per heavy atom. The van der Waals surface area contributed by atoms with E-state index in [0.29, 0.717) is 17.9 Å². The predicted molar refractivity (Wildman–Crippen MR) is 125 cm³/mol. The van der Waals surface area contributed by atoms with Gasteiger partial charge >= 0.3 is 0 Å². The lowest BCUT2D eigenvalue weighted by molar-refractivity contribution is -0.158. The molecule has 5 N–H and O–H groups in total. The number of nitrogens with one attached hydrogen (secondary N) is 3. The highest BCUT2D eigenvalue weighted by atomic mass is 32.2. The molecule has 2 aromatic rings. The predicted octanol–water partition coefficient (Wildman–Crippen LogP) is 2.09. The van der Waals surface area contributed by atoms with Crippen molar-refractivity contribution in [3.8, 4) is 5.75 Å². The van der Waals surface area contributed by atoms with E-state index in [0.717, 1.165) is 0 Å². The van der Waals surface area contributed by atoms with Gasteiger partial charge in [0.2, 0.25) is 5.90 Å². The molecule has 3 rings (SSSR count). The van der Waals surface area contributed by atoms with Gasteiger partial charge < -0.3 is 24.6 Å². The quantitative estimate of drug-likeness (QED) is 0.127. The van der Waals surface area contributed by atoms with Crippen LogP contribution in [0.5, 0.6) is 5.75 Å². The van der Waals surface area contributed by atoms with Crippen LogP contribution in [0.2, 0.25) is 0 Å². The molecule has 1 amide bonds. The molecule has 3 atom stereocenters. The zero-order chi connectivity index (χ0) is 25.2. The number of hydrogen-bond acceptors (Lipinski definition) is 10. The number of furan rings is 1. The van der Waals surface area contributed by atoms with E-state index in [1.54, 1.807) is 19.1 Å². The zero-order valence-corrected chi connectivity index (χ0v) is 19.9. The Labute approximate surface area is 196 Å². The maximum absolute atomic E-state index is 12.8. The fourth-order valence-corrected chi connectivity index (χ4v) is 5.04. The Hall–Kier alpha value is -3.42. The second-order valence-electron chi connectivity index (χ2n) is 7.95. The standard InChI is InChI=1S/C21H27N5O7S/c1-5-13(15-10-9-11(2)32-15)23-16-18(19(22)33-29)34(30,31)25-20(16)24-14-8-6-7-12(17(14)27)21(28)26(3)4/h6-10,13,16,18,22-23,27,29H,5H2,1-4H3,(H,24,25)/t13-,16?,18?/m1/s1. The number of para-hydroxylation sites is 1. The molecule has 0 radical (unpaired) electrons. The first-order valence-corrected chi connectivity index (χ1v) is 11.9. The minimum atomic E-state index is -4.33. The van der Waals surface area contributed by atoms with Gasteiger partial charge in [-0.15, -0.1) is 4.40 Å². The molecule has 0 bridgehead atoms. The summed E-state index contributed by atoms with van der Waals surface area (Å²) in [5, 5.41) is 31.8. The summed E-state index contributed by atoms with van der Waals surface area (Å²) in [5.41, 5.74) is 0.0360. The van der Waals surface area contributed by atoms with Crippen LogP contribution in [0.25, 0.3) is 0 Å². The number of anilines is 1. The number of phenols is 1. The van der Waals surface area contributed by atoms with Crippen molar-refractivity contribution in [2.75, 3.05) is 19.4 Å². The molecule has 0 fully saturated rings. The molecule has 2 heterocycles. The highest BCUT2D eigenvalue weighted by Gasteiger charge is 2.49. The number of aryl methyl sites for hydroxylation is 1. The number of carbonyl (C=O) groups excluding carboxylic acids is 1. The van der Waals surface area contributed by atoms with E-state index in [1.807, 2.05) is 6.92 Å². The van der Waals surface area contributed by atoms with Crippen LogP contribution in [0.4, 0.5) is 5.69 Å². The molecular formula is C21H27N5O7S. The number of phenolic OH excluding ortho intramolecular Hbond substituents is 1. The van der Waals surface area contributed by atoms with E-state index in [4.69, 9.17) is 15.1 Å². The molecule has 1 aromatic heterocycles. The van der Waals surface area contributed by atoms with Crippen LogP contribution in [0.15, 0.2) is 39.1 Å². The Balaban J connectivity index is 2.01. The number of sulfonamides is 1. The average molecular weight is 494 g/mol. The van der Waals surface area contributed by atoms with Gasteiger partial charge in [-0.25, -0.2) is 13.7 Å². The van der Waals surface area contributed by atoms with E-state index < -0.39 is 44.9 Å². The van der Waals surface area contributed by atoms with Gasteiger partial charge in [-0.3, -0.25) is 15.5 Å². The summed E-state index contributed by atoms with van der Waals surface area (Å²) in [7, 11) is -1.28.